The SMILES string of the molecule is CNSc1ccc2c(c1)c(-c1ccccn1)cn2-c1ccc(C(F)(F)F)cc1. The van der Waals surface area contributed by atoms with Crippen molar-refractivity contribution < 1.29 is 13.2 Å². The van der Waals surface area contributed by atoms with Crippen LogP contribution in [0.15, 0.2) is 78.0 Å². The summed E-state index contributed by atoms with van der Waals surface area (Å²) in [5.74, 6) is 0. The van der Waals surface area contributed by atoms with Crippen LogP contribution >= 0.6 is 11.9 Å². The molecule has 0 unspecified atom stereocenters. The van der Waals surface area contributed by atoms with Crippen molar-refractivity contribution in [2.24, 2.45) is 0 Å². The summed E-state index contributed by atoms with van der Waals surface area (Å²) in [6.07, 6.45) is -0.706. The Labute approximate surface area is 164 Å². The average molecular weight is 399 g/mol. The van der Waals surface area contributed by atoms with E-state index in [1.165, 1.54) is 24.1 Å². The summed E-state index contributed by atoms with van der Waals surface area (Å²) in [6.45, 7) is 0. The van der Waals surface area contributed by atoms with Crippen LogP contribution in [0.25, 0.3) is 27.8 Å². The lowest BCUT2D eigenvalue weighted by Gasteiger charge is -2.09. The highest BCUT2D eigenvalue weighted by atomic mass is 32.2. The fourth-order valence-corrected chi connectivity index (χ4v) is 3.69. The first-order chi connectivity index (χ1) is 13.5. The van der Waals surface area contributed by atoms with Gasteiger partial charge in [-0.3, -0.25) is 9.71 Å². The molecule has 0 aliphatic rings. The Morgan fingerprint density at radius 3 is 2.43 bits per heavy atom. The topological polar surface area (TPSA) is 29.9 Å². The van der Waals surface area contributed by atoms with Crippen molar-refractivity contribution >= 4 is 22.9 Å². The Kier molecular flexibility index (Phi) is 4.87. The normalized spacial score (nSPS) is 11.9. The zero-order valence-corrected chi connectivity index (χ0v) is 15.7. The number of hydrogen-bond acceptors (Lipinski definition) is 3. The van der Waals surface area contributed by atoms with Crippen LogP contribution in [0.3, 0.4) is 0 Å². The Balaban J connectivity index is 1.89. The zero-order valence-electron chi connectivity index (χ0n) is 14.9. The van der Waals surface area contributed by atoms with Crippen molar-refractivity contribution in [2.45, 2.75) is 11.1 Å². The number of pyridine rings is 1. The fraction of sp³-hybridized carbons (Fsp3) is 0.0952. The molecule has 2 heterocycles. The monoisotopic (exact) mass is 399 g/mol. The van der Waals surface area contributed by atoms with Gasteiger partial charge in [0.1, 0.15) is 0 Å². The van der Waals surface area contributed by atoms with Crippen molar-refractivity contribution in [2.75, 3.05) is 7.05 Å². The van der Waals surface area contributed by atoms with Crippen LogP contribution in [0.2, 0.25) is 0 Å². The van der Waals surface area contributed by atoms with Gasteiger partial charge in [-0.05, 0) is 73.6 Å². The highest BCUT2D eigenvalue weighted by molar-refractivity contribution is 7.97. The van der Waals surface area contributed by atoms with Crippen LogP contribution in [0, 0.1) is 0 Å². The highest BCUT2D eigenvalue weighted by Gasteiger charge is 2.30. The molecule has 0 spiro atoms. The first-order valence-electron chi connectivity index (χ1n) is 8.55. The van der Waals surface area contributed by atoms with Gasteiger partial charge >= 0.3 is 6.18 Å². The Morgan fingerprint density at radius 2 is 1.79 bits per heavy atom. The minimum absolute atomic E-state index is 0.661. The summed E-state index contributed by atoms with van der Waals surface area (Å²) in [5, 5.41) is 0.985. The number of rotatable bonds is 4. The third-order valence-corrected chi connectivity index (χ3v) is 5.10. The van der Waals surface area contributed by atoms with E-state index >= 15 is 0 Å². The second-order valence-electron chi connectivity index (χ2n) is 6.16. The summed E-state index contributed by atoms with van der Waals surface area (Å²) in [5.41, 5.74) is 2.64. The molecule has 2 aromatic carbocycles. The van der Waals surface area contributed by atoms with Crippen LogP contribution in [0.1, 0.15) is 5.56 Å². The molecule has 0 fully saturated rings. The number of benzene rings is 2. The molecule has 0 saturated carbocycles. The quantitative estimate of drug-likeness (QED) is 0.431. The molecular weight excluding hydrogens is 383 g/mol. The molecule has 7 heteroatoms. The summed E-state index contributed by atoms with van der Waals surface area (Å²) < 4.78 is 43.6. The summed E-state index contributed by atoms with van der Waals surface area (Å²) >= 11 is 1.50. The molecule has 4 aromatic rings. The first kappa shape index (κ1) is 18.6. The van der Waals surface area contributed by atoms with Crippen molar-refractivity contribution in [1.29, 1.82) is 0 Å². The van der Waals surface area contributed by atoms with Gasteiger partial charge in [-0.15, -0.1) is 0 Å². The molecule has 3 nitrogen and oxygen atoms in total. The number of halogens is 3. The molecule has 142 valence electrons. The number of aromatic nitrogens is 2. The van der Waals surface area contributed by atoms with Crippen LogP contribution < -0.4 is 4.72 Å². The van der Waals surface area contributed by atoms with Crippen molar-refractivity contribution in [3.63, 3.8) is 0 Å². The van der Waals surface area contributed by atoms with E-state index in [4.69, 9.17) is 0 Å². The highest BCUT2D eigenvalue weighted by Crippen LogP contribution is 2.35. The van der Waals surface area contributed by atoms with Gasteiger partial charge in [0.2, 0.25) is 0 Å². The summed E-state index contributed by atoms with van der Waals surface area (Å²) in [6, 6.07) is 16.9. The molecule has 2 aromatic heterocycles. The average Bonchev–Trinajstić information content (AvgIpc) is 3.07. The van der Waals surface area contributed by atoms with E-state index in [0.29, 0.717) is 5.69 Å². The molecule has 0 amide bonds. The third kappa shape index (κ3) is 3.50. The van der Waals surface area contributed by atoms with Gasteiger partial charge in [-0.2, -0.15) is 13.2 Å². The minimum Gasteiger partial charge on any atom is -0.316 e. The van der Waals surface area contributed by atoms with Gasteiger partial charge in [0.15, 0.2) is 0 Å². The Hall–Kier alpha value is -2.77. The summed E-state index contributed by atoms with van der Waals surface area (Å²) in [4.78, 5) is 5.48. The number of alkyl halides is 3. The van der Waals surface area contributed by atoms with Crippen molar-refractivity contribution in [3.05, 3.63) is 78.6 Å². The van der Waals surface area contributed by atoms with E-state index in [1.54, 1.807) is 6.20 Å². The molecule has 0 saturated heterocycles. The predicted molar refractivity (Wildman–Crippen MR) is 106 cm³/mol. The maximum Gasteiger partial charge on any atom is 0.416 e. The van der Waals surface area contributed by atoms with E-state index in [9.17, 15) is 13.2 Å². The lowest BCUT2D eigenvalue weighted by molar-refractivity contribution is -0.137. The van der Waals surface area contributed by atoms with Crippen LogP contribution in [0.5, 0.6) is 0 Å². The second-order valence-corrected chi connectivity index (χ2v) is 7.24. The van der Waals surface area contributed by atoms with Crippen molar-refractivity contribution in [3.8, 4) is 16.9 Å². The largest absolute Gasteiger partial charge is 0.416 e. The maximum atomic E-state index is 12.9. The van der Waals surface area contributed by atoms with Gasteiger partial charge in [-0.25, -0.2) is 0 Å². The van der Waals surface area contributed by atoms with Crippen molar-refractivity contribution in [1.82, 2.24) is 14.3 Å². The molecule has 1 N–H and O–H groups in total. The van der Waals surface area contributed by atoms with Crippen LogP contribution in [-0.4, -0.2) is 16.6 Å². The lowest BCUT2D eigenvalue weighted by Crippen LogP contribution is -2.04. The number of fused-ring (bicyclic) bond motifs is 1. The van der Waals surface area contributed by atoms with Crippen LogP contribution in [-0.2, 0) is 6.18 Å². The van der Waals surface area contributed by atoms with Crippen LogP contribution in [0.4, 0.5) is 13.2 Å². The van der Waals surface area contributed by atoms with Gasteiger partial charge in [0, 0.05) is 33.9 Å². The van der Waals surface area contributed by atoms with E-state index < -0.39 is 11.7 Å². The molecular formula is C21H16F3N3S. The maximum absolute atomic E-state index is 12.9. The smallest absolute Gasteiger partial charge is 0.316 e. The first-order valence-corrected chi connectivity index (χ1v) is 9.37. The zero-order chi connectivity index (χ0) is 19.7. The van der Waals surface area contributed by atoms with E-state index in [2.05, 4.69) is 15.8 Å². The molecule has 0 aliphatic heterocycles. The van der Waals surface area contributed by atoms with Gasteiger partial charge < -0.3 is 4.57 Å². The second kappa shape index (κ2) is 7.33. The summed E-state index contributed by atoms with van der Waals surface area (Å²) in [7, 11) is 1.85. The fourth-order valence-electron chi connectivity index (χ4n) is 3.14. The molecule has 0 aliphatic carbocycles. The van der Waals surface area contributed by atoms with Gasteiger partial charge in [0.05, 0.1) is 16.8 Å². The minimum atomic E-state index is -4.35. The molecule has 28 heavy (non-hydrogen) atoms. The van der Waals surface area contributed by atoms with Gasteiger partial charge in [-0.1, -0.05) is 6.07 Å². The lowest BCUT2D eigenvalue weighted by atomic mass is 10.1. The molecule has 0 radical (unpaired) electrons. The number of hydrogen-bond donors (Lipinski definition) is 1. The molecule has 0 atom stereocenters. The number of nitrogens with one attached hydrogen (secondary N) is 1. The number of nitrogens with zero attached hydrogens (tertiary/aromatic N) is 2. The van der Waals surface area contributed by atoms with E-state index in [1.807, 2.05) is 48.1 Å². The van der Waals surface area contributed by atoms with E-state index in [0.717, 1.165) is 39.2 Å². The Bertz CT molecular complexity index is 1100. The Morgan fingerprint density at radius 1 is 1.00 bits per heavy atom. The van der Waals surface area contributed by atoms with Gasteiger partial charge in [0.25, 0.3) is 0 Å². The predicted octanol–water partition coefficient (Wildman–Crippen LogP) is 5.94. The third-order valence-electron chi connectivity index (χ3n) is 4.41. The standard InChI is InChI=1S/C21H16F3N3S/c1-25-28-16-9-10-20-17(12-16)18(19-4-2-3-11-26-19)13-27(20)15-7-5-14(6-8-15)21(22,23)24/h2-13,25H,1H3. The molecule has 0 bridgehead atoms. The molecule has 4 rings (SSSR count). The van der Waals surface area contributed by atoms with E-state index in [-0.39, 0.29) is 0 Å².